The van der Waals surface area contributed by atoms with Gasteiger partial charge in [0.15, 0.2) is 18.9 Å². The van der Waals surface area contributed by atoms with Crippen molar-refractivity contribution in [3.8, 4) is 0 Å². The normalized spacial score (nSPS) is 42.9. The Morgan fingerprint density at radius 2 is 0.784 bits per heavy atom. The van der Waals surface area contributed by atoms with Crippen LogP contribution in [0, 0.1) is 75.2 Å². The van der Waals surface area contributed by atoms with Crippen LogP contribution < -0.4 is 56.1 Å². The maximum absolute atomic E-state index is 12.4. The van der Waals surface area contributed by atoms with Gasteiger partial charge in [0.05, 0.1) is 96.7 Å². The van der Waals surface area contributed by atoms with Crippen molar-refractivity contribution in [3.63, 3.8) is 0 Å². The molecule has 139 heavy (non-hydrogen) atoms. The molecule has 5 saturated carbocycles. The van der Waals surface area contributed by atoms with E-state index < -0.39 is 240 Å². The molecule has 0 spiro atoms. The third-order valence-electron chi connectivity index (χ3n) is 28.7. The maximum Gasteiger partial charge on any atom is 0.534 e. The van der Waals surface area contributed by atoms with Crippen LogP contribution >= 0.6 is 0 Å². The van der Waals surface area contributed by atoms with Crippen LogP contribution in [-0.2, 0) is 102 Å². The Hall–Kier alpha value is -7.58. The second-order valence-electron chi connectivity index (χ2n) is 40.7. The molecule has 1 aromatic carbocycles. The van der Waals surface area contributed by atoms with Crippen LogP contribution in [-0.4, -0.2) is 332 Å². The monoisotopic (exact) mass is 1970 g/mol. The van der Waals surface area contributed by atoms with Crippen molar-refractivity contribution < 1.29 is 156 Å². The number of fused-ring (bicyclic) bond motifs is 10. The van der Waals surface area contributed by atoms with Gasteiger partial charge in [-0.1, -0.05) is 69.0 Å². The van der Waals surface area contributed by atoms with E-state index in [1.807, 2.05) is 52.0 Å². The fourth-order valence-corrected chi connectivity index (χ4v) is 21.2. The summed E-state index contributed by atoms with van der Waals surface area (Å²) in [4.78, 5) is 92.3. The van der Waals surface area contributed by atoms with Gasteiger partial charge >= 0.3 is 12.3 Å². The molecule has 8 heterocycles. The zero-order chi connectivity index (χ0) is 102. The number of ether oxygens (including phenoxy) is 14. The Labute approximate surface area is 807 Å². The number of carbonyl (C=O) groups excluding carboxylic acids is 6. The van der Waals surface area contributed by atoms with E-state index in [0.29, 0.717) is 47.1 Å². The Balaban J connectivity index is 0.000000157. The molecule has 0 radical (unpaired) electrons. The Kier molecular flexibility index (Phi) is 36.6. The molecule has 7 aliphatic carbocycles. The Morgan fingerprint density at radius 3 is 1.13 bits per heavy atom. The number of aliphatic hydroxyl groups is 9. The summed E-state index contributed by atoms with van der Waals surface area (Å²) in [6.07, 6.45) is 1.53. The number of hydrogen-bond donors (Lipinski definition) is 19. The van der Waals surface area contributed by atoms with E-state index in [9.17, 15) is 84.8 Å². The number of non-ortho nitro benzene ring substituents is 1. The van der Waals surface area contributed by atoms with Crippen molar-refractivity contribution in [3.05, 3.63) is 99.8 Å². The van der Waals surface area contributed by atoms with Crippen LogP contribution in [0.1, 0.15) is 146 Å². The highest BCUT2D eigenvalue weighted by atomic mass is 16.8. The fourth-order valence-electron chi connectivity index (χ4n) is 21.2. The summed E-state index contributed by atoms with van der Waals surface area (Å²) in [5.41, 5.74) is 38.9. The van der Waals surface area contributed by atoms with Crippen molar-refractivity contribution in [1.29, 1.82) is 0 Å². The standard InChI is InChI=1S/C22H40N2O7.C21H39N3O7.C19H37N5O7.C17H14N2O7.C14H17NO5/c1-6-13-8-7-11(2)20(29-13)30-17-12(3)9-14(23)18(15(17)25)31-21-16(26)19(24-5)22(4,27)10-28-21;1-5-11-7-6-10(2)19(29-11)30-16-12(22)8-13(23)17(14(16)25)31-20-15(26)18(24-4)21(3,27)9-28-20;1-19(27)7-28-18(13(26)16(19)24-2)31-15-11(23)5-10(22)14(12(15)25)30-17-9(21)4-3-8(6-20)29-17;20-15-13-10-3-4-11(7-10)14(13)16(21)18(15)26-17(22)25-8-9-1-5-12(6-2-9)19(23)24;1-14(2,3)19-13(18)20-15-11(16)9-7-4-5-8(6-7)10(9)12(15)17/h8,11-12,14-21,24-27H,6-7,9-10,23H2,1-5H3;7,10,12-20,24-27H,5-6,8-9,22-23H2,1-4H3;3,9-18,24-27H,4-7,20-23H2,1-2H3;1-6,10-11,13-14H,7-8H2;4-5,7-10H,6H2,1-3H3/t11-,12+,14-,15+,16-,17?,18+,19-,20-,21-,22+;10-,12+,13-,14+,15-,16?,17+,18-,19-,20-,21+;9-,10+,11-,12+,13-,14?,15+,16-,17-,18-,19+;10-,11?,13+,14-;7-,8?,9+,10-/m11100/s1. The van der Waals surface area contributed by atoms with E-state index in [-0.39, 0.29) is 91.9 Å². The van der Waals surface area contributed by atoms with Gasteiger partial charge in [0.25, 0.3) is 29.3 Å². The van der Waals surface area contributed by atoms with E-state index in [0.717, 1.165) is 50.0 Å². The van der Waals surface area contributed by atoms with Gasteiger partial charge in [-0.15, -0.1) is 0 Å². The number of imide groups is 2. The lowest BCUT2D eigenvalue weighted by molar-refractivity contribution is -0.384. The molecular formula is C93H147N13O33. The summed E-state index contributed by atoms with van der Waals surface area (Å²) in [6, 6.07) is 0.211. The third-order valence-corrected chi connectivity index (χ3v) is 28.7. The van der Waals surface area contributed by atoms with E-state index in [4.69, 9.17) is 116 Å². The van der Waals surface area contributed by atoms with Crippen molar-refractivity contribution in [1.82, 2.24) is 26.1 Å². The van der Waals surface area contributed by atoms with Gasteiger partial charge in [-0.25, -0.2) is 9.59 Å². The lowest BCUT2D eigenvalue weighted by atomic mass is 9.80. The summed E-state index contributed by atoms with van der Waals surface area (Å²) in [5, 5.41) is 117. The molecule has 4 amide bonds. The number of benzene rings is 1. The highest BCUT2D eigenvalue weighted by Crippen LogP contribution is 2.54. The van der Waals surface area contributed by atoms with Gasteiger partial charge in [0, 0.05) is 67.0 Å². The summed E-state index contributed by atoms with van der Waals surface area (Å²) >= 11 is 0. The summed E-state index contributed by atoms with van der Waals surface area (Å²) in [6.45, 7) is 19.7. The largest absolute Gasteiger partial charge is 0.534 e. The average molecular weight is 1980 g/mol. The first-order valence-corrected chi connectivity index (χ1v) is 48.0. The molecule has 782 valence electrons. The van der Waals surface area contributed by atoms with Crippen LogP contribution in [0.25, 0.3) is 0 Å². The number of hydroxylamine groups is 4. The summed E-state index contributed by atoms with van der Waals surface area (Å²) in [5.74, 6) is -0.750. The molecular weight excluding hydrogens is 1830 g/mol. The van der Waals surface area contributed by atoms with Gasteiger partial charge in [-0.2, -0.15) is 0 Å². The number of likely N-dealkylation sites (N-methyl/N-ethyl adjacent to an activating group) is 3. The number of carbonyl (C=O) groups is 6. The van der Waals surface area contributed by atoms with Gasteiger partial charge in [0.2, 0.25) is 18.9 Å². The third kappa shape index (κ3) is 25.0. The molecule has 8 aliphatic heterocycles. The Morgan fingerprint density at radius 1 is 0.460 bits per heavy atom. The molecule has 41 atom stereocenters. The van der Waals surface area contributed by atoms with E-state index in [1.54, 1.807) is 68.8 Å². The first-order valence-electron chi connectivity index (χ1n) is 48.0. The van der Waals surface area contributed by atoms with Crippen LogP contribution in [0.2, 0.25) is 0 Å². The van der Waals surface area contributed by atoms with Crippen molar-refractivity contribution >= 4 is 41.6 Å². The molecule has 46 nitrogen and oxygen atoms in total. The lowest BCUT2D eigenvalue weighted by Gasteiger charge is -2.48. The van der Waals surface area contributed by atoms with Gasteiger partial charge in [0.1, 0.15) is 102 Å². The molecule has 15 aliphatic rings. The SMILES string of the molecule is CC(C)(C)OC(=O)ON1C(=O)[C@@H]2[C@H]3C=CC(C3)[C@@H]2C1=O.CCC1=CC[C@@H](C)[C@@H](OC2[C@@H](C)C[C@@H](N)[C@H](O[C@H]3OC[C@](C)(O)[C@H](NC)[C@H]3O)[C@H]2O)O1.CCC1=CC[C@@H](C)[C@@H](OC2[C@@H](N)C[C@@H](N)[C@H](O[C@H]3OC[C@](C)(O)[C@H](NC)[C@H]3O)[C@H]2O)O1.CN[C@@H]1[C@@H](O)[C@@H](O[C@H]2[C@H](N)C[C@H](N)C(O[C@H]3OC(CN)=CC[C@H]3N)[C@@H]2O)OC[C@]1(C)O.O=C(OCc1ccc([N+](=O)[O-])cc1)ON1C(=O)[C@@H]2[C@H]3C=CC(C3)[C@@H]2C1=O. The van der Waals surface area contributed by atoms with Crippen LogP contribution in [0.5, 0.6) is 0 Å². The smallest absolute Gasteiger partial charge is 0.469 e. The first kappa shape index (κ1) is 110. The quantitative estimate of drug-likeness (QED) is 0.0203. The highest BCUT2D eigenvalue weighted by molar-refractivity contribution is 6.06. The molecule has 16 rings (SSSR count). The number of nitrogens with two attached hydrogens (primary N) is 7. The van der Waals surface area contributed by atoms with Crippen molar-refractivity contribution in [2.24, 2.45) is 105 Å². The summed E-state index contributed by atoms with van der Waals surface area (Å²) < 4.78 is 80.3. The van der Waals surface area contributed by atoms with Gasteiger partial charge in [-0.3, -0.25) is 39.0 Å². The lowest BCUT2D eigenvalue weighted by Crippen LogP contribution is -2.68. The van der Waals surface area contributed by atoms with E-state index in [2.05, 4.69) is 35.0 Å². The van der Waals surface area contributed by atoms with Crippen molar-refractivity contribution in [2.75, 3.05) is 47.5 Å². The predicted molar refractivity (Wildman–Crippen MR) is 487 cm³/mol. The number of nitrogens with one attached hydrogen (secondary N) is 3. The first-order chi connectivity index (χ1) is 65.5. The zero-order valence-electron chi connectivity index (χ0n) is 81.1. The molecule has 5 saturated heterocycles. The van der Waals surface area contributed by atoms with E-state index >= 15 is 0 Å². The van der Waals surface area contributed by atoms with Crippen LogP contribution in [0.4, 0.5) is 15.3 Å². The molecule has 46 heteroatoms. The van der Waals surface area contributed by atoms with Gasteiger partial charge < -0.3 is 168 Å². The number of nitro groups is 1. The van der Waals surface area contributed by atoms with Gasteiger partial charge in [-0.05, 0) is 180 Å². The average Bonchev–Trinajstić information content (AvgIpc) is 1.56. The Bertz CT molecular complexity index is 4220. The molecule has 0 aromatic heterocycles. The number of hydrogen-bond acceptors (Lipinski definition) is 43. The zero-order valence-corrected chi connectivity index (χ0v) is 81.1. The fraction of sp³-hybridized carbons (Fsp3) is 0.763. The minimum atomic E-state index is -1.29. The van der Waals surface area contributed by atoms with Crippen molar-refractivity contribution in [2.45, 2.75) is 335 Å². The number of nitrogens with zero attached hydrogens (tertiary/aromatic N) is 3. The molecule has 1 aromatic rings. The van der Waals surface area contributed by atoms with Crippen LogP contribution in [0.15, 0.2) is 84.1 Å². The summed E-state index contributed by atoms with van der Waals surface area (Å²) in [7, 11) is 4.91. The molecule has 5 unspecified atom stereocenters. The number of allylic oxidation sites excluding steroid dienone is 8. The second-order valence-corrected chi connectivity index (χ2v) is 40.7. The second kappa shape index (κ2) is 46.2. The predicted octanol–water partition coefficient (Wildman–Crippen LogP) is -1.10. The topological polar surface area (TPSA) is 700 Å². The number of nitro benzene ring substituents is 1. The highest BCUT2D eigenvalue weighted by Gasteiger charge is 2.64. The number of aliphatic hydroxyl groups excluding tert-OH is 6. The van der Waals surface area contributed by atoms with E-state index in [1.165, 1.54) is 24.3 Å². The molecule has 4 bridgehead atoms. The van der Waals surface area contributed by atoms with Crippen LogP contribution in [0.3, 0.4) is 0 Å². The minimum absolute atomic E-state index is 0.000351. The number of amides is 4. The maximum atomic E-state index is 12.4. The number of rotatable bonds is 23. The molecule has 26 N–H and O–H groups in total. The molecule has 10 fully saturated rings. The minimum Gasteiger partial charge on any atom is -0.469 e.